The largest absolute Gasteiger partial charge is 0.416 e. The number of benzene rings is 1. The van der Waals surface area contributed by atoms with Crippen molar-refractivity contribution >= 4 is 15.9 Å². The second-order valence-electron chi connectivity index (χ2n) is 4.45. The van der Waals surface area contributed by atoms with E-state index in [9.17, 15) is 26.4 Å². The fourth-order valence-corrected chi connectivity index (χ4v) is 3.14. The highest BCUT2D eigenvalue weighted by Gasteiger charge is 2.32. The summed E-state index contributed by atoms with van der Waals surface area (Å²) < 4.78 is 63.9. The number of alkyl halides is 3. The molecule has 22 heavy (non-hydrogen) atoms. The lowest BCUT2D eigenvalue weighted by molar-refractivity contribution is -0.137. The first-order valence-corrected chi connectivity index (χ1v) is 7.54. The van der Waals surface area contributed by atoms with E-state index in [4.69, 9.17) is 5.11 Å². The summed E-state index contributed by atoms with van der Waals surface area (Å²) in [7, 11) is -3.01. The second kappa shape index (κ2) is 6.63. The SMILES string of the molecule is CNC(=O)[C@@H](CO)NS(=O)(=O)c1ccc(C(F)(F)F)cc1C. The van der Waals surface area contributed by atoms with Crippen LogP contribution in [-0.2, 0) is 21.0 Å². The Kier molecular flexibility index (Phi) is 5.54. The van der Waals surface area contributed by atoms with Gasteiger partial charge in [-0.25, -0.2) is 8.42 Å². The number of sulfonamides is 1. The van der Waals surface area contributed by atoms with Crippen LogP contribution in [0.5, 0.6) is 0 Å². The van der Waals surface area contributed by atoms with Crippen molar-refractivity contribution in [3.05, 3.63) is 29.3 Å². The van der Waals surface area contributed by atoms with Gasteiger partial charge in [0.05, 0.1) is 17.1 Å². The highest BCUT2D eigenvalue weighted by Crippen LogP contribution is 2.31. The van der Waals surface area contributed by atoms with Gasteiger partial charge in [0.2, 0.25) is 15.9 Å². The number of rotatable bonds is 5. The van der Waals surface area contributed by atoms with E-state index in [-0.39, 0.29) is 5.56 Å². The first-order chi connectivity index (χ1) is 10.0. The summed E-state index contributed by atoms with van der Waals surface area (Å²) in [5, 5.41) is 11.2. The summed E-state index contributed by atoms with van der Waals surface area (Å²) in [4.78, 5) is 11.0. The third kappa shape index (κ3) is 4.18. The maximum atomic E-state index is 12.6. The van der Waals surface area contributed by atoms with Crippen molar-refractivity contribution in [2.45, 2.75) is 24.0 Å². The lowest BCUT2D eigenvalue weighted by Crippen LogP contribution is -2.47. The Morgan fingerprint density at radius 1 is 1.36 bits per heavy atom. The molecule has 0 radical (unpaired) electrons. The maximum absolute atomic E-state index is 12.6. The Hall–Kier alpha value is -1.65. The van der Waals surface area contributed by atoms with Crippen LogP contribution in [0.25, 0.3) is 0 Å². The van der Waals surface area contributed by atoms with Gasteiger partial charge >= 0.3 is 6.18 Å². The van der Waals surface area contributed by atoms with E-state index in [0.717, 1.165) is 6.07 Å². The first-order valence-electron chi connectivity index (χ1n) is 6.05. The van der Waals surface area contributed by atoms with Crippen LogP contribution in [0.3, 0.4) is 0 Å². The number of hydrogen-bond donors (Lipinski definition) is 3. The van der Waals surface area contributed by atoms with Crippen molar-refractivity contribution in [3.8, 4) is 0 Å². The number of halogens is 3. The number of hydrogen-bond acceptors (Lipinski definition) is 4. The predicted molar refractivity (Wildman–Crippen MR) is 71.4 cm³/mol. The van der Waals surface area contributed by atoms with Crippen LogP contribution < -0.4 is 10.0 Å². The normalized spacial score (nSPS) is 13.7. The molecule has 3 N–H and O–H groups in total. The molecule has 10 heteroatoms. The van der Waals surface area contributed by atoms with Gasteiger partial charge in [-0.05, 0) is 30.7 Å². The van der Waals surface area contributed by atoms with Gasteiger partial charge in [-0.1, -0.05) is 0 Å². The summed E-state index contributed by atoms with van der Waals surface area (Å²) in [5.74, 6) is -0.768. The van der Waals surface area contributed by atoms with Crippen LogP contribution in [0.1, 0.15) is 11.1 Å². The molecule has 6 nitrogen and oxygen atoms in total. The molecule has 0 aromatic heterocycles. The van der Waals surface area contributed by atoms with Crippen LogP contribution in [0.2, 0.25) is 0 Å². The number of amides is 1. The molecule has 0 saturated carbocycles. The summed E-state index contributed by atoms with van der Waals surface area (Å²) >= 11 is 0. The Bertz CT molecular complexity index is 659. The number of carbonyl (C=O) groups is 1. The molecule has 0 spiro atoms. The average Bonchev–Trinajstić information content (AvgIpc) is 2.42. The van der Waals surface area contributed by atoms with Gasteiger partial charge in [0.25, 0.3) is 0 Å². The molecule has 0 fully saturated rings. The Morgan fingerprint density at radius 3 is 2.36 bits per heavy atom. The van der Waals surface area contributed by atoms with E-state index >= 15 is 0 Å². The molecule has 0 saturated heterocycles. The van der Waals surface area contributed by atoms with Crippen molar-refractivity contribution in [2.75, 3.05) is 13.7 Å². The van der Waals surface area contributed by atoms with E-state index in [0.29, 0.717) is 12.1 Å². The molecule has 0 aliphatic carbocycles. The monoisotopic (exact) mass is 340 g/mol. The van der Waals surface area contributed by atoms with Crippen LogP contribution in [0, 0.1) is 6.92 Å². The molecule has 1 amide bonds. The van der Waals surface area contributed by atoms with Crippen molar-refractivity contribution < 1.29 is 31.5 Å². The highest BCUT2D eigenvalue weighted by molar-refractivity contribution is 7.89. The first kappa shape index (κ1) is 18.4. The molecule has 0 heterocycles. The minimum Gasteiger partial charge on any atom is -0.394 e. The summed E-state index contributed by atoms with van der Waals surface area (Å²) in [6.45, 7) is 0.413. The van der Waals surface area contributed by atoms with Crippen LogP contribution in [-0.4, -0.2) is 39.1 Å². The van der Waals surface area contributed by atoms with E-state index in [1.807, 2.05) is 4.72 Å². The molecule has 1 atom stereocenters. The van der Waals surface area contributed by atoms with Gasteiger partial charge in [0.15, 0.2) is 0 Å². The molecule has 0 unspecified atom stereocenters. The van der Waals surface area contributed by atoms with Crippen LogP contribution in [0.15, 0.2) is 23.1 Å². The zero-order chi connectivity index (χ0) is 17.1. The molecular formula is C12H15F3N2O4S. The summed E-state index contributed by atoms with van der Waals surface area (Å²) in [6.07, 6.45) is -4.59. The summed E-state index contributed by atoms with van der Waals surface area (Å²) in [5.41, 5.74) is -1.11. The number of carbonyl (C=O) groups excluding carboxylic acids is 1. The molecule has 1 aromatic carbocycles. The van der Waals surface area contributed by atoms with Gasteiger partial charge in [0, 0.05) is 7.05 Å². The third-order valence-corrected chi connectivity index (χ3v) is 4.47. The van der Waals surface area contributed by atoms with Crippen molar-refractivity contribution in [3.63, 3.8) is 0 Å². The van der Waals surface area contributed by atoms with Gasteiger partial charge in [-0.3, -0.25) is 4.79 Å². The molecule has 0 aliphatic rings. The van der Waals surface area contributed by atoms with Crippen LogP contribution in [0.4, 0.5) is 13.2 Å². The standard InChI is InChI=1S/C12H15F3N2O4S/c1-7-5-8(12(13,14)15)3-4-10(7)22(20,21)17-9(6-18)11(19)16-2/h3-5,9,17-18H,6H2,1-2H3,(H,16,19)/t9-/m1/s1. The predicted octanol–water partition coefficient (Wildman–Crippen LogP) is 0.399. The zero-order valence-corrected chi connectivity index (χ0v) is 12.5. The number of aryl methyl sites for hydroxylation is 1. The zero-order valence-electron chi connectivity index (χ0n) is 11.7. The minimum atomic E-state index is -4.59. The molecule has 0 bridgehead atoms. The fraction of sp³-hybridized carbons (Fsp3) is 0.417. The topological polar surface area (TPSA) is 95.5 Å². The van der Waals surface area contributed by atoms with E-state index < -0.39 is 45.2 Å². The fourth-order valence-electron chi connectivity index (χ4n) is 1.73. The number of aliphatic hydroxyl groups is 1. The van der Waals surface area contributed by atoms with Gasteiger partial charge in [0.1, 0.15) is 6.04 Å². The van der Waals surface area contributed by atoms with Gasteiger partial charge in [-0.2, -0.15) is 17.9 Å². The minimum absolute atomic E-state index is 0.129. The van der Waals surface area contributed by atoms with Crippen molar-refractivity contribution in [1.29, 1.82) is 0 Å². The second-order valence-corrected chi connectivity index (χ2v) is 6.13. The van der Waals surface area contributed by atoms with Crippen molar-refractivity contribution in [2.24, 2.45) is 0 Å². The molecule has 0 aliphatic heterocycles. The highest BCUT2D eigenvalue weighted by atomic mass is 32.2. The Labute approximate surface area is 125 Å². The molecule has 1 aromatic rings. The van der Waals surface area contributed by atoms with Crippen LogP contribution >= 0.6 is 0 Å². The number of nitrogens with one attached hydrogen (secondary N) is 2. The van der Waals surface area contributed by atoms with Gasteiger partial charge in [-0.15, -0.1) is 0 Å². The van der Waals surface area contributed by atoms with E-state index in [1.54, 1.807) is 0 Å². The van der Waals surface area contributed by atoms with Gasteiger partial charge < -0.3 is 10.4 Å². The third-order valence-electron chi connectivity index (χ3n) is 2.83. The van der Waals surface area contributed by atoms with E-state index in [1.165, 1.54) is 14.0 Å². The lowest BCUT2D eigenvalue weighted by Gasteiger charge is -2.17. The Morgan fingerprint density at radius 2 is 1.95 bits per heavy atom. The quantitative estimate of drug-likeness (QED) is 0.723. The lowest BCUT2D eigenvalue weighted by atomic mass is 10.1. The average molecular weight is 340 g/mol. The number of aliphatic hydroxyl groups excluding tert-OH is 1. The number of likely N-dealkylation sites (N-methyl/N-ethyl adjacent to an activating group) is 1. The summed E-state index contributed by atoms with van der Waals surface area (Å²) in [6, 6.07) is 0.702. The van der Waals surface area contributed by atoms with Crippen molar-refractivity contribution in [1.82, 2.24) is 10.0 Å². The molecular weight excluding hydrogens is 325 g/mol. The van der Waals surface area contributed by atoms with E-state index in [2.05, 4.69) is 5.32 Å². The molecule has 124 valence electrons. The maximum Gasteiger partial charge on any atom is 0.416 e. The smallest absolute Gasteiger partial charge is 0.394 e. The Balaban J connectivity index is 3.16. The molecule has 1 rings (SSSR count).